The van der Waals surface area contributed by atoms with Gasteiger partial charge in [0.1, 0.15) is 0 Å². The fraction of sp³-hybridized carbons (Fsp3) is 1.00. The summed E-state index contributed by atoms with van der Waals surface area (Å²) in [5.74, 6) is 0. The van der Waals surface area contributed by atoms with E-state index in [4.69, 9.17) is 5.73 Å². The van der Waals surface area contributed by atoms with Gasteiger partial charge in [0, 0.05) is 30.0 Å². The van der Waals surface area contributed by atoms with Crippen LogP contribution in [0.1, 0.15) is 13.8 Å². The van der Waals surface area contributed by atoms with Crippen molar-refractivity contribution < 1.29 is 0 Å². The van der Waals surface area contributed by atoms with Gasteiger partial charge in [-0.25, -0.2) is 0 Å². The number of rotatable bonds is 0. The van der Waals surface area contributed by atoms with E-state index in [9.17, 15) is 0 Å². The highest BCUT2D eigenvalue weighted by Crippen LogP contribution is 2.66. The zero-order chi connectivity index (χ0) is 7.57. The zero-order valence-corrected chi connectivity index (χ0v) is 7.02. The number of likely N-dealkylation sites (tertiary alicyclic amines) is 1. The third-order valence-corrected chi connectivity index (χ3v) is 3.79. The fourth-order valence-corrected chi connectivity index (χ4v) is 2.73. The summed E-state index contributed by atoms with van der Waals surface area (Å²) in [6.07, 6.45) is 0. The van der Waals surface area contributed by atoms with Gasteiger partial charge in [-0.3, -0.25) is 0 Å². The van der Waals surface area contributed by atoms with E-state index >= 15 is 0 Å². The van der Waals surface area contributed by atoms with Crippen LogP contribution in [-0.2, 0) is 0 Å². The van der Waals surface area contributed by atoms with Crippen LogP contribution in [0.25, 0.3) is 0 Å². The summed E-state index contributed by atoms with van der Waals surface area (Å²) in [5, 5.41) is 0. The SMILES string of the molecule is CN1C[C@@]2(C)C(N)[C@@]2(C)C1. The van der Waals surface area contributed by atoms with Crippen LogP contribution < -0.4 is 5.73 Å². The van der Waals surface area contributed by atoms with Crippen molar-refractivity contribution in [2.45, 2.75) is 19.9 Å². The Labute approximate surface area is 62.4 Å². The van der Waals surface area contributed by atoms with Gasteiger partial charge < -0.3 is 10.6 Å². The molecule has 0 radical (unpaired) electrons. The summed E-state index contributed by atoms with van der Waals surface area (Å²) in [4.78, 5) is 2.38. The van der Waals surface area contributed by atoms with Crippen molar-refractivity contribution >= 4 is 0 Å². The molecule has 0 aromatic carbocycles. The second-order valence-electron chi connectivity index (χ2n) is 4.48. The van der Waals surface area contributed by atoms with E-state index in [1.807, 2.05) is 0 Å². The van der Waals surface area contributed by atoms with Gasteiger partial charge in [0.25, 0.3) is 0 Å². The molecule has 2 N–H and O–H groups in total. The first-order valence-electron chi connectivity index (χ1n) is 3.95. The van der Waals surface area contributed by atoms with Crippen molar-refractivity contribution in [3.8, 4) is 0 Å². The standard InChI is InChI=1S/C8H16N2/c1-7-4-10(3)5-8(7,2)6(7)9/h6H,4-5,9H2,1-3H3/t6?,7-,8+. The van der Waals surface area contributed by atoms with Gasteiger partial charge >= 0.3 is 0 Å². The van der Waals surface area contributed by atoms with Crippen molar-refractivity contribution in [1.29, 1.82) is 0 Å². The van der Waals surface area contributed by atoms with Crippen LogP contribution in [0.2, 0.25) is 0 Å². The Kier molecular flexibility index (Phi) is 0.933. The highest BCUT2D eigenvalue weighted by molar-refractivity contribution is 5.26. The molecule has 0 bridgehead atoms. The lowest BCUT2D eigenvalue weighted by molar-refractivity contribution is 0.322. The Morgan fingerprint density at radius 2 is 1.70 bits per heavy atom. The first kappa shape index (κ1) is 6.62. The molecule has 1 aliphatic heterocycles. The number of fused-ring (bicyclic) bond motifs is 1. The van der Waals surface area contributed by atoms with Gasteiger partial charge in [-0.1, -0.05) is 13.8 Å². The van der Waals surface area contributed by atoms with E-state index in [0.29, 0.717) is 16.9 Å². The molecule has 3 atom stereocenters. The Morgan fingerprint density at radius 1 is 1.30 bits per heavy atom. The fourth-order valence-electron chi connectivity index (χ4n) is 2.73. The van der Waals surface area contributed by atoms with Crippen LogP contribution in [0.15, 0.2) is 0 Å². The van der Waals surface area contributed by atoms with Crippen molar-refractivity contribution in [2.75, 3.05) is 20.1 Å². The molecule has 2 heteroatoms. The van der Waals surface area contributed by atoms with Crippen molar-refractivity contribution in [3.63, 3.8) is 0 Å². The van der Waals surface area contributed by atoms with Crippen LogP contribution in [0.3, 0.4) is 0 Å². The van der Waals surface area contributed by atoms with Crippen LogP contribution in [-0.4, -0.2) is 31.1 Å². The lowest BCUT2D eigenvalue weighted by Gasteiger charge is -2.15. The highest BCUT2D eigenvalue weighted by atomic mass is 15.2. The summed E-state index contributed by atoms with van der Waals surface area (Å²) < 4.78 is 0. The van der Waals surface area contributed by atoms with Gasteiger partial charge in [0.2, 0.25) is 0 Å². The molecule has 58 valence electrons. The molecular weight excluding hydrogens is 124 g/mol. The van der Waals surface area contributed by atoms with E-state index in [0.717, 1.165) is 0 Å². The van der Waals surface area contributed by atoms with Crippen LogP contribution in [0, 0.1) is 10.8 Å². The summed E-state index contributed by atoms with van der Waals surface area (Å²) in [6, 6.07) is 0.455. The van der Waals surface area contributed by atoms with Gasteiger partial charge in [0.15, 0.2) is 0 Å². The van der Waals surface area contributed by atoms with Crippen molar-refractivity contribution in [2.24, 2.45) is 16.6 Å². The normalized spacial score (nSPS) is 60.6. The minimum atomic E-state index is 0.432. The quantitative estimate of drug-likeness (QED) is 0.524. The number of nitrogens with two attached hydrogens (primary N) is 1. The molecule has 2 nitrogen and oxygen atoms in total. The molecule has 2 fully saturated rings. The minimum Gasteiger partial charge on any atom is -0.327 e. The molecule has 0 spiro atoms. The number of piperidine rings is 1. The predicted octanol–water partition coefficient (Wildman–Crippen LogP) is 0.285. The minimum absolute atomic E-state index is 0.432. The molecule has 1 aliphatic carbocycles. The monoisotopic (exact) mass is 140 g/mol. The number of hydrogen-bond donors (Lipinski definition) is 1. The Bertz CT molecular complexity index is 162. The predicted molar refractivity (Wildman–Crippen MR) is 41.7 cm³/mol. The zero-order valence-electron chi connectivity index (χ0n) is 7.02. The largest absolute Gasteiger partial charge is 0.327 e. The van der Waals surface area contributed by atoms with E-state index in [1.54, 1.807) is 0 Å². The first-order valence-corrected chi connectivity index (χ1v) is 3.95. The average molecular weight is 140 g/mol. The third kappa shape index (κ3) is 0.453. The second kappa shape index (κ2) is 1.41. The Morgan fingerprint density at radius 3 is 2.00 bits per heavy atom. The topological polar surface area (TPSA) is 29.3 Å². The molecule has 1 saturated carbocycles. The summed E-state index contributed by atoms with van der Waals surface area (Å²) in [5.41, 5.74) is 6.84. The van der Waals surface area contributed by atoms with E-state index in [1.165, 1.54) is 13.1 Å². The molecule has 2 rings (SSSR count). The van der Waals surface area contributed by atoms with Crippen LogP contribution >= 0.6 is 0 Å². The summed E-state index contributed by atoms with van der Waals surface area (Å²) >= 11 is 0. The Balaban J connectivity index is 2.24. The summed E-state index contributed by atoms with van der Waals surface area (Å²) in [7, 11) is 2.18. The van der Waals surface area contributed by atoms with Gasteiger partial charge in [0.05, 0.1) is 0 Å². The van der Waals surface area contributed by atoms with Crippen LogP contribution in [0.5, 0.6) is 0 Å². The Hall–Kier alpha value is -0.0800. The maximum atomic E-state index is 5.98. The molecule has 1 unspecified atom stereocenters. The molecule has 1 heterocycles. The number of hydrogen-bond acceptors (Lipinski definition) is 2. The average Bonchev–Trinajstić information content (AvgIpc) is 2.18. The first-order chi connectivity index (χ1) is 4.51. The lowest BCUT2D eigenvalue weighted by atomic mass is 10.0. The highest BCUT2D eigenvalue weighted by Gasteiger charge is 2.72. The van der Waals surface area contributed by atoms with Gasteiger partial charge in [-0.05, 0) is 7.05 Å². The second-order valence-corrected chi connectivity index (χ2v) is 4.48. The molecule has 0 amide bonds. The third-order valence-electron chi connectivity index (χ3n) is 3.79. The summed E-state index contributed by atoms with van der Waals surface area (Å²) in [6.45, 7) is 6.98. The smallest absolute Gasteiger partial charge is 0.0184 e. The van der Waals surface area contributed by atoms with Crippen LogP contribution in [0.4, 0.5) is 0 Å². The van der Waals surface area contributed by atoms with E-state index in [2.05, 4.69) is 25.8 Å². The van der Waals surface area contributed by atoms with Crippen molar-refractivity contribution in [1.82, 2.24) is 4.90 Å². The molecular formula is C8H16N2. The van der Waals surface area contributed by atoms with Gasteiger partial charge in [-0.2, -0.15) is 0 Å². The maximum absolute atomic E-state index is 5.98. The van der Waals surface area contributed by atoms with Gasteiger partial charge in [-0.15, -0.1) is 0 Å². The molecule has 2 aliphatic rings. The molecule has 1 saturated heterocycles. The molecule has 0 aromatic heterocycles. The van der Waals surface area contributed by atoms with E-state index in [-0.39, 0.29) is 0 Å². The van der Waals surface area contributed by atoms with Crippen molar-refractivity contribution in [3.05, 3.63) is 0 Å². The van der Waals surface area contributed by atoms with E-state index < -0.39 is 0 Å². The molecule has 0 aromatic rings. The lowest BCUT2D eigenvalue weighted by Crippen LogP contribution is -2.29. The molecule has 10 heavy (non-hydrogen) atoms. The maximum Gasteiger partial charge on any atom is 0.0184 e. The number of nitrogens with zero attached hydrogens (tertiary/aromatic N) is 1.